The Bertz CT molecular complexity index is 755. The van der Waals surface area contributed by atoms with Crippen molar-refractivity contribution in [1.82, 2.24) is 19.7 Å². The van der Waals surface area contributed by atoms with Crippen LogP contribution in [0.15, 0.2) is 43.1 Å². The highest BCUT2D eigenvalue weighted by Crippen LogP contribution is 2.25. The molecule has 1 N–H and O–H groups in total. The molecule has 106 valence electrons. The van der Waals surface area contributed by atoms with Crippen LogP contribution in [0.3, 0.4) is 0 Å². The third-order valence-corrected chi connectivity index (χ3v) is 3.74. The number of hydrogen-bond donors (Lipinski definition) is 1. The van der Waals surface area contributed by atoms with Gasteiger partial charge in [-0.2, -0.15) is 5.10 Å². The molecule has 0 saturated carbocycles. The smallest absolute Gasteiger partial charge is 0.324 e. The molecule has 0 aliphatic heterocycles. The van der Waals surface area contributed by atoms with E-state index in [4.69, 9.17) is 0 Å². The Labute approximate surface area is 123 Å². The zero-order valence-corrected chi connectivity index (χ0v) is 11.5. The predicted octanol–water partition coefficient (Wildman–Crippen LogP) is 2.24. The SMILES string of the molecule is O=[N+]([O-])c1ccc(CNc2cccnc2-n2cncn2)s1. The van der Waals surface area contributed by atoms with Gasteiger partial charge < -0.3 is 5.32 Å². The van der Waals surface area contributed by atoms with Crippen LogP contribution in [0.2, 0.25) is 0 Å². The lowest BCUT2D eigenvalue weighted by atomic mass is 10.3. The maximum atomic E-state index is 10.7. The third kappa shape index (κ3) is 2.87. The van der Waals surface area contributed by atoms with E-state index in [2.05, 4.69) is 20.4 Å². The van der Waals surface area contributed by atoms with E-state index in [0.29, 0.717) is 12.4 Å². The maximum Gasteiger partial charge on any atom is 0.324 e. The molecular weight excluding hydrogens is 292 g/mol. The highest BCUT2D eigenvalue weighted by molar-refractivity contribution is 7.15. The molecule has 0 fully saturated rings. The molecule has 0 spiro atoms. The molecule has 0 aromatic carbocycles. The Hall–Kier alpha value is -2.81. The fourth-order valence-electron chi connectivity index (χ4n) is 1.78. The van der Waals surface area contributed by atoms with Crippen LogP contribution in [0, 0.1) is 10.1 Å². The summed E-state index contributed by atoms with van der Waals surface area (Å²) in [5.74, 6) is 0.626. The van der Waals surface area contributed by atoms with Crippen molar-refractivity contribution in [1.29, 1.82) is 0 Å². The molecule has 3 heterocycles. The standard InChI is InChI=1S/C12H10N6O2S/c19-18(20)11-4-3-9(21-11)6-15-10-2-1-5-14-12(10)17-8-13-7-16-17/h1-5,7-8,15H,6H2. The zero-order valence-electron chi connectivity index (χ0n) is 10.7. The molecule has 3 aromatic heterocycles. The summed E-state index contributed by atoms with van der Waals surface area (Å²) >= 11 is 1.15. The Morgan fingerprint density at radius 1 is 1.38 bits per heavy atom. The lowest BCUT2D eigenvalue weighted by Crippen LogP contribution is -2.05. The molecule has 0 saturated heterocycles. The summed E-state index contributed by atoms with van der Waals surface area (Å²) < 4.78 is 1.55. The van der Waals surface area contributed by atoms with Crippen molar-refractivity contribution >= 4 is 22.0 Å². The molecule has 0 bridgehead atoms. The summed E-state index contributed by atoms with van der Waals surface area (Å²) in [6.45, 7) is 0.478. The second-order valence-corrected chi connectivity index (χ2v) is 5.21. The van der Waals surface area contributed by atoms with E-state index in [-0.39, 0.29) is 9.92 Å². The van der Waals surface area contributed by atoms with Gasteiger partial charge in [-0.05, 0) is 18.2 Å². The molecule has 0 atom stereocenters. The molecule has 21 heavy (non-hydrogen) atoms. The molecule has 3 rings (SSSR count). The van der Waals surface area contributed by atoms with Gasteiger partial charge >= 0.3 is 5.00 Å². The average molecular weight is 302 g/mol. The van der Waals surface area contributed by atoms with Crippen molar-refractivity contribution in [2.45, 2.75) is 6.54 Å². The molecule has 0 amide bonds. The number of aromatic nitrogens is 4. The number of pyridine rings is 1. The Balaban J connectivity index is 1.77. The minimum atomic E-state index is -0.390. The average Bonchev–Trinajstić information content (AvgIpc) is 3.17. The quantitative estimate of drug-likeness (QED) is 0.573. The zero-order chi connectivity index (χ0) is 14.7. The first-order chi connectivity index (χ1) is 10.2. The number of rotatable bonds is 5. The molecule has 0 aliphatic carbocycles. The summed E-state index contributed by atoms with van der Waals surface area (Å²) in [5.41, 5.74) is 0.777. The number of nitro groups is 1. The number of nitrogens with one attached hydrogen (secondary N) is 1. The first-order valence-corrected chi connectivity index (χ1v) is 6.82. The van der Waals surface area contributed by atoms with Crippen molar-refractivity contribution in [3.8, 4) is 5.82 Å². The lowest BCUT2D eigenvalue weighted by Gasteiger charge is -2.09. The van der Waals surface area contributed by atoms with Crippen LogP contribution in [0.4, 0.5) is 10.7 Å². The van der Waals surface area contributed by atoms with Crippen LogP contribution in [-0.4, -0.2) is 24.7 Å². The monoisotopic (exact) mass is 302 g/mol. The van der Waals surface area contributed by atoms with Gasteiger partial charge in [0.2, 0.25) is 0 Å². The first kappa shape index (κ1) is 13.2. The van der Waals surface area contributed by atoms with Crippen molar-refractivity contribution in [3.63, 3.8) is 0 Å². The van der Waals surface area contributed by atoms with Gasteiger partial charge in [0.05, 0.1) is 10.6 Å². The second-order valence-electron chi connectivity index (χ2n) is 4.07. The van der Waals surface area contributed by atoms with Gasteiger partial charge in [0.1, 0.15) is 12.7 Å². The van der Waals surface area contributed by atoms with Gasteiger partial charge in [-0.15, -0.1) is 0 Å². The van der Waals surface area contributed by atoms with Crippen LogP contribution in [0.5, 0.6) is 0 Å². The molecule has 3 aromatic rings. The van der Waals surface area contributed by atoms with Crippen LogP contribution >= 0.6 is 11.3 Å². The van der Waals surface area contributed by atoms with E-state index in [1.807, 2.05) is 6.07 Å². The van der Waals surface area contributed by atoms with Crippen LogP contribution < -0.4 is 5.32 Å². The first-order valence-electron chi connectivity index (χ1n) is 6.01. The van der Waals surface area contributed by atoms with Gasteiger partial charge in [-0.1, -0.05) is 11.3 Å². The molecule has 0 radical (unpaired) electrons. The van der Waals surface area contributed by atoms with E-state index in [1.54, 1.807) is 29.3 Å². The van der Waals surface area contributed by atoms with Crippen molar-refractivity contribution < 1.29 is 4.92 Å². The maximum absolute atomic E-state index is 10.7. The van der Waals surface area contributed by atoms with E-state index >= 15 is 0 Å². The summed E-state index contributed by atoms with van der Waals surface area (Å²) in [6.07, 6.45) is 4.66. The summed E-state index contributed by atoms with van der Waals surface area (Å²) in [7, 11) is 0. The van der Waals surface area contributed by atoms with Crippen molar-refractivity contribution in [2.75, 3.05) is 5.32 Å². The van der Waals surface area contributed by atoms with E-state index in [0.717, 1.165) is 21.9 Å². The Kier molecular flexibility index (Phi) is 3.56. The Morgan fingerprint density at radius 3 is 3.00 bits per heavy atom. The van der Waals surface area contributed by atoms with Gasteiger partial charge in [0, 0.05) is 23.7 Å². The number of thiophene rings is 1. The van der Waals surface area contributed by atoms with Crippen LogP contribution in [0.1, 0.15) is 4.88 Å². The molecule has 0 aliphatic rings. The highest BCUT2D eigenvalue weighted by Gasteiger charge is 2.11. The van der Waals surface area contributed by atoms with Crippen LogP contribution in [-0.2, 0) is 6.54 Å². The van der Waals surface area contributed by atoms with Crippen molar-refractivity contribution in [3.05, 3.63) is 58.1 Å². The number of anilines is 1. The number of nitrogens with zero attached hydrogens (tertiary/aromatic N) is 5. The normalized spacial score (nSPS) is 10.5. The molecule has 0 unspecified atom stereocenters. The van der Waals surface area contributed by atoms with Gasteiger partial charge in [0.15, 0.2) is 5.82 Å². The summed E-state index contributed by atoms with van der Waals surface area (Å²) in [5, 5.41) is 18.1. The fourth-order valence-corrected chi connectivity index (χ4v) is 2.54. The highest BCUT2D eigenvalue weighted by atomic mass is 32.1. The lowest BCUT2D eigenvalue weighted by molar-refractivity contribution is -0.380. The van der Waals surface area contributed by atoms with Crippen LogP contribution in [0.25, 0.3) is 5.82 Å². The summed E-state index contributed by atoms with van der Waals surface area (Å²) in [4.78, 5) is 19.3. The van der Waals surface area contributed by atoms with Gasteiger partial charge in [-0.25, -0.2) is 14.6 Å². The van der Waals surface area contributed by atoms with E-state index < -0.39 is 0 Å². The van der Waals surface area contributed by atoms with Gasteiger partial charge in [-0.3, -0.25) is 10.1 Å². The van der Waals surface area contributed by atoms with E-state index in [9.17, 15) is 10.1 Å². The molecular formula is C12H10N6O2S. The largest absolute Gasteiger partial charge is 0.377 e. The summed E-state index contributed by atoms with van der Waals surface area (Å²) in [6, 6.07) is 6.91. The third-order valence-electron chi connectivity index (χ3n) is 2.70. The Morgan fingerprint density at radius 2 is 2.29 bits per heavy atom. The topological polar surface area (TPSA) is 98.8 Å². The second kappa shape index (κ2) is 5.67. The minimum absolute atomic E-state index is 0.134. The van der Waals surface area contributed by atoms with Crippen molar-refractivity contribution in [2.24, 2.45) is 0 Å². The van der Waals surface area contributed by atoms with Gasteiger partial charge in [0.25, 0.3) is 0 Å². The molecule has 9 heteroatoms. The predicted molar refractivity (Wildman–Crippen MR) is 77.5 cm³/mol. The minimum Gasteiger partial charge on any atom is -0.377 e. The number of hydrogen-bond acceptors (Lipinski definition) is 7. The fraction of sp³-hybridized carbons (Fsp3) is 0.0833. The molecule has 8 nitrogen and oxygen atoms in total. The van der Waals surface area contributed by atoms with E-state index in [1.165, 1.54) is 12.4 Å².